The van der Waals surface area contributed by atoms with Crippen molar-refractivity contribution in [3.63, 3.8) is 0 Å². The van der Waals surface area contributed by atoms with Gasteiger partial charge < -0.3 is 20.7 Å². The molecule has 108 valence electrons. The van der Waals surface area contributed by atoms with Crippen molar-refractivity contribution < 1.29 is 9.53 Å². The van der Waals surface area contributed by atoms with Crippen molar-refractivity contribution in [3.05, 3.63) is 0 Å². The molecule has 0 saturated carbocycles. The summed E-state index contributed by atoms with van der Waals surface area (Å²) in [5.41, 5.74) is 5.78. The first-order chi connectivity index (χ1) is 8.38. The van der Waals surface area contributed by atoms with E-state index in [1.54, 1.807) is 0 Å². The Bertz CT molecular complexity index is 232. The number of nitrogens with zero attached hydrogens (tertiary/aromatic N) is 1. The molecule has 0 aromatic rings. The second kappa shape index (κ2) is 9.30. The largest absolute Gasteiger partial charge is 0.377 e. The summed E-state index contributed by atoms with van der Waals surface area (Å²) >= 11 is 0. The molecule has 1 unspecified atom stereocenters. The number of nitrogens with one attached hydrogen (secondary N) is 1. The third kappa shape index (κ3) is 7.63. The van der Waals surface area contributed by atoms with E-state index < -0.39 is 6.04 Å². The number of amides is 1. The Labute approximate surface area is 111 Å². The van der Waals surface area contributed by atoms with Crippen LogP contribution in [0.2, 0.25) is 0 Å². The number of rotatable bonds is 9. The van der Waals surface area contributed by atoms with E-state index in [-0.39, 0.29) is 17.9 Å². The van der Waals surface area contributed by atoms with Crippen LogP contribution in [-0.4, -0.2) is 56.7 Å². The van der Waals surface area contributed by atoms with Crippen molar-refractivity contribution in [1.82, 2.24) is 10.2 Å². The molecule has 0 aromatic carbocycles. The quantitative estimate of drug-likeness (QED) is 0.630. The number of nitrogens with two attached hydrogens (primary N) is 1. The first-order valence-corrected chi connectivity index (χ1v) is 6.68. The smallest absolute Gasteiger partial charge is 0.237 e. The summed E-state index contributed by atoms with van der Waals surface area (Å²) in [5, 5.41) is 2.86. The Morgan fingerprint density at radius 3 is 2.44 bits per heavy atom. The SMILES string of the molecule is CCOC(CCN(C)C)CNC(=O)[C@@H](N)C(C)C. The average molecular weight is 259 g/mol. The van der Waals surface area contributed by atoms with Crippen molar-refractivity contribution in [2.24, 2.45) is 11.7 Å². The number of carbonyl (C=O) groups is 1. The third-order valence-electron chi connectivity index (χ3n) is 2.83. The van der Waals surface area contributed by atoms with Gasteiger partial charge in [0.1, 0.15) is 0 Å². The minimum Gasteiger partial charge on any atom is -0.377 e. The second-order valence-electron chi connectivity index (χ2n) is 5.18. The second-order valence-corrected chi connectivity index (χ2v) is 5.18. The van der Waals surface area contributed by atoms with Crippen LogP contribution in [-0.2, 0) is 9.53 Å². The van der Waals surface area contributed by atoms with Crippen LogP contribution < -0.4 is 11.1 Å². The number of carbonyl (C=O) groups excluding carboxylic acids is 1. The van der Waals surface area contributed by atoms with Crippen LogP contribution in [0.15, 0.2) is 0 Å². The van der Waals surface area contributed by atoms with Gasteiger partial charge in [0.15, 0.2) is 0 Å². The minimum atomic E-state index is -0.443. The van der Waals surface area contributed by atoms with Crippen LogP contribution in [0.4, 0.5) is 0 Å². The van der Waals surface area contributed by atoms with Gasteiger partial charge in [0.25, 0.3) is 0 Å². The number of ether oxygens (including phenoxy) is 1. The molecule has 0 aliphatic heterocycles. The topological polar surface area (TPSA) is 67.6 Å². The first kappa shape index (κ1) is 17.4. The Hall–Kier alpha value is -0.650. The lowest BCUT2D eigenvalue weighted by Crippen LogP contribution is -2.46. The lowest BCUT2D eigenvalue weighted by Gasteiger charge is -2.21. The minimum absolute atomic E-state index is 0.0562. The maximum Gasteiger partial charge on any atom is 0.237 e. The van der Waals surface area contributed by atoms with Crippen LogP contribution in [0.5, 0.6) is 0 Å². The zero-order chi connectivity index (χ0) is 14.1. The highest BCUT2D eigenvalue weighted by Crippen LogP contribution is 2.01. The van der Waals surface area contributed by atoms with Gasteiger partial charge in [0, 0.05) is 19.7 Å². The molecule has 2 atom stereocenters. The van der Waals surface area contributed by atoms with Gasteiger partial charge in [-0.05, 0) is 33.4 Å². The molecule has 3 N–H and O–H groups in total. The van der Waals surface area contributed by atoms with E-state index >= 15 is 0 Å². The summed E-state index contributed by atoms with van der Waals surface area (Å²) in [4.78, 5) is 13.8. The highest BCUT2D eigenvalue weighted by atomic mass is 16.5. The van der Waals surface area contributed by atoms with Crippen LogP contribution in [0, 0.1) is 5.92 Å². The van der Waals surface area contributed by atoms with Crippen molar-refractivity contribution in [2.45, 2.75) is 39.3 Å². The average Bonchev–Trinajstić information content (AvgIpc) is 2.30. The maximum atomic E-state index is 11.7. The number of hydrogen-bond acceptors (Lipinski definition) is 4. The molecule has 0 fully saturated rings. The van der Waals surface area contributed by atoms with Crippen LogP contribution in [0.1, 0.15) is 27.2 Å². The predicted molar refractivity (Wildman–Crippen MR) is 74.4 cm³/mol. The molecular weight excluding hydrogens is 230 g/mol. The van der Waals surface area contributed by atoms with E-state index in [9.17, 15) is 4.79 Å². The van der Waals surface area contributed by atoms with E-state index in [0.717, 1.165) is 13.0 Å². The van der Waals surface area contributed by atoms with Crippen LogP contribution in [0.3, 0.4) is 0 Å². The van der Waals surface area contributed by atoms with Gasteiger partial charge >= 0.3 is 0 Å². The van der Waals surface area contributed by atoms with E-state index in [1.807, 2.05) is 34.9 Å². The molecule has 18 heavy (non-hydrogen) atoms. The molecule has 5 heteroatoms. The standard InChI is InChI=1S/C13H29N3O2/c1-6-18-11(7-8-16(4)5)9-15-13(17)12(14)10(2)3/h10-12H,6-9,14H2,1-5H3,(H,15,17)/t11?,12-/m0/s1. The van der Waals surface area contributed by atoms with Gasteiger partial charge in [0.05, 0.1) is 12.1 Å². The summed E-state index contributed by atoms with van der Waals surface area (Å²) in [7, 11) is 4.05. The monoisotopic (exact) mass is 259 g/mol. The fraction of sp³-hybridized carbons (Fsp3) is 0.923. The summed E-state index contributed by atoms with van der Waals surface area (Å²) in [6.07, 6.45) is 0.957. The molecule has 0 aliphatic carbocycles. The zero-order valence-electron chi connectivity index (χ0n) is 12.4. The fourth-order valence-electron chi connectivity index (χ4n) is 1.52. The van der Waals surface area contributed by atoms with Gasteiger partial charge in [0.2, 0.25) is 5.91 Å². The number of hydrogen-bond donors (Lipinski definition) is 2. The highest BCUT2D eigenvalue weighted by Gasteiger charge is 2.18. The molecule has 1 amide bonds. The molecule has 0 heterocycles. The van der Waals surface area contributed by atoms with Crippen molar-refractivity contribution in [3.8, 4) is 0 Å². The normalized spacial score (nSPS) is 14.9. The van der Waals surface area contributed by atoms with Crippen molar-refractivity contribution >= 4 is 5.91 Å². The summed E-state index contributed by atoms with van der Waals surface area (Å²) in [6, 6.07) is -0.443. The summed E-state index contributed by atoms with van der Waals surface area (Å²) in [6.45, 7) is 7.97. The molecule has 0 radical (unpaired) electrons. The molecular formula is C13H29N3O2. The Morgan fingerprint density at radius 2 is 2.00 bits per heavy atom. The summed E-state index contributed by atoms with van der Waals surface area (Å²) < 4.78 is 5.60. The van der Waals surface area contributed by atoms with Crippen LogP contribution in [0.25, 0.3) is 0 Å². The Morgan fingerprint density at radius 1 is 1.39 bits per heavy atom. The van der Waals surface area contributed by atoms with Gasteiger partial charge in [-0.15, -0.1) is 0 Å². The third-order valence-corrected chi connectivity index (χ3v) is 2.83. The van der Waals surface area contributed by atoms with E-state index in [4.69, 9.17) is 10.5 Å². The molecule has 0 rings (SSSR count). The molecule has 0 bridgehead atoms. The zero-order valence-corrected chi connectivity index (χ0v) is 12.4. The predicted octanol–water partition coefficient (Wildman–Crippen LogP) is 0.443. The molecule has 0 aliphatic rings. The Balaban J connectivity index is 4.05. The van der Waals surface area contributed by atoms with Gasteiger partial charge in [-0.2, -0.15) is 0 Å². The Kier molecular flexibility index (Phi) is 8.97. The van der Waals surface area contributed by atoms with Gasteiger partial charge in [-0.1, -0.05) is 13.8 Å². The molecule has 5 nitrogen and oxygen atoms in total. The molecule has 0 spiro atoms. The van der Waals surface area contributed by atoms with E-state index in [1.165, 1.54) is 0 Å². The lowest BCUT2D eigenvalue weighted by atomic mass is 10.0. The lowest BCUT2D eigenvalue weighted by molar-refractivity contribution is -0.123. The van der Waals surface area contributed by atoms with Crippen LogP contribution >= 0.6 is 0 Å². The van der Waals surface area contributed by atoms with Gasteiger partial charge in [-0.3, -0.25) is 4.79 Å². The first-order valence-electron chi connectivity index (χ1n) is 6.68. The fourth-order valence-corrected chi connectivity index (χ4v) is 1.52. The van der Waals surface area contributed by atoms with E-state index in [0.29, 0.717) is 13.2 Å². The summed E-state index contributed by atoms with van der Waals surface area (Å²) in [5.74, 6) is 0.0527. The van der Waals surface area contributed by atoms with Gasteiger partial charge in [-0.25, -0.2) is 0 Å². The van der Waals surface area contributed by atoms with Crippen molar-refractivity contribution in [2.75, 3.05) is 33.8 Å². The molecule has 0 saturated heterocycles. The highest BCUT2D eigenvalue weighted by molar-refractivity contribution is 5.81. The molecule has 0 aromatic heterocycles. The van der Waals surface area contributed by atoms with Crippen molar-refractivity contribution in [1.29, 1.82) is 0 Å². The van der Waals surface area contributed by atoms with E-state index in [2.05, 4.69) is 10.2 Å². The maximum absolute atomic E-state index is 11.7.